The van der Waals surface area contributed by atoms with E-state index in [4.69, 9.17) is 9.57 Å². The average Bonchev–Trinajstić information content (AvgIpc) is 3.33. The molecule has 10 heteroatoms. The first-order valence-corrected chi connectivity index (χ1v) is 13.3. The zero-order valence-electron chi connectivity index (χ0n) is 20.7. The van der Waals surface area contributed by atoms with E-state index in [0.29, 0.717) is 43.2 Å². The number of hydrazine groups is 1. The number of fused-ring (bicyclic) bond motifs is 1. The van der Waals surface area contributed by atoms with Crippen LogP contribution in [0.4, 0.5) is 0 Å². The lowest BCUT2D eigenvalue weighted by Crippen LogP contribution is -2.65. The van der Waals surface area contributed by atoms with E-state index >= 15 is 0 Å². The Morgan fingerprint density at radius 2 is 1.97 bits per heavy atom. The lowest BCUT2D eigenvalue weighted by Gasteiger charge is -2.44. The fourth-order valence-corrected chi connectivity index (χ4v) is 6.21. The maximum atomic E-state index is 12.3. The summed E-state index contributed by atoms with van der Waals surface area (Å²) in [6.07, 6.45) is 10.2. The van der Waals surface area contributed by atoms with E-state index in [0.717, 1.165) is 51.5 Å². The summed E-state index contributed by atoms with van der Waals surface area (Å²) in [6, 6.07) is 0. The zero-order chi connectivity index (χ0) is 23.9. The summed E-state index contributed by atoms with van der Waals surface area (Å²) < 4.78 is 5.46. The van der Waals surface area contributed by atoms with Crippen molar-refractivity contribution < 1.29 is 19.2 Å². The fourth-order valence-electron chi connectivity index (χ4n) is 6.21. The number of carbonyl (C=O) groups is 2. The van der Waals surface area contributed by atoms with Crippen molar-refractivity contribution in [3.8, 4) is 0 Å². The number of hydroxylamine groups is 1. The Morgan fingerprint density at radius 3 is 2.76 bits per heavy atom. The normalized spacial score (nSPS) is 38.2. The van der Waals surface area contributed by atoms with Gasteiger partial charge < -0.3 is 15.4 Å². The van der Waals surface area contributed by atoms with E-state index < -0.39 is 0 Å². The molecule has 194 valence electrons. The Balaban J connectivity index is 1.05. The molecule has 2 heterocycles. The molecule has 10 nitrogen and oxygen atoms in total. The van der Waals surface area contributed by atoms with E-state index in [-0.39, 0.29) is 36.3 Å². The first-order chi connectivity index (χ1) is 16.5. The van der Waals surface area contributed by atoms with Crippen molar-refractivity contribution in [2.24, 2.45) is 23.7 Å². The van der Waals surface area contributed by atoms with Crippen LogP contribution in [-0.2, 0) is 19.2 Å². The molecule has 2 saturated heterocycles. The van der Waals surface area contributed by atoms with E-state index in [1.807, 2.05) is 0 Å². The molecule has 4 aliphatic rings. The van der Waals surface area contributed by atoms with Crippen LogP contribution in [0.5, 0.6) is 0 Å². The zero-order valence-corrected chi connectivity index (χ0v) is 20.7. The summed E-state index contributed by atoms with van der Waals surface area (Å²) in [5.74, 6) is 1.57. The standard InChI is InChI=1S/C24H44N6O4/c1-15-5-3-6-18-21(15)24(32)29-28-23(18)26-14-4-13-25-19(31)11-12-20-27-22(30-34-20)16-7-9-17(33-2)10-8-16/h15-18,20-23,26-28,30H,3-14H2,1-2H3,(H,25,31)(H,29,32). The summed E-state index contributed by atoms with van der Waals surface area (Å²) in [4.78, 5) is 30.2. The average molecular weight is 481 g/mol. The third-order valence-electron chi connectivity index (χ3n) is 8.25. The third kappa shape index (κ3) is 6.67. The van der Waals surface area contributed by atoms with Gasteiger partial charge in [0.25, 0.3) is 0 Å². The highest BCUT2D eigenvalue weighted by Crippen LogP contribution is 2.37. The highest BCUT2D eigenvalue weighted by atomic mass is 16.7. The maximum absolute atomic E-state index is 12.3. The number of rotatable bonds is 10. The Morgan fingerprint density at radius 1 is 1.15 bits per heavy atom. The molecular weight excluding hydrogens is 436 g/mol. The number of ether oxygens (including phenoxy) is 1. The topological polar surface area (TPSA) is 125 Å². The molecule has 0 spiro atoms. The predicted molar refractivity (Wildman–Crippen MR) is 128 cm³/mol. The molecule has 4 rings (SSSR count). The third-order valence-corrected chi connectivity index (χ3v) is 8.25. The second-order valence-electron chi connectivity index (χ2n) is 10.5. The highest BCUT2D eigenvalue weighted by Gasteiger charge is 2.43. The van der Waals surface area contributed by atoms with Crippen molar-refractivity contribution in [3.63, 3.8) is 0 Å². The van der Waals surface area contributed by atoms with E-state index in [1.165, 1.54) is 6.42 Å². The molecule has 0 aromatic rings. The maximum Gasteiger partial charge on any atom is 0.237 e. The number of amides is 2. The van der Waals surface area contributed by atoms with Gasteiger partial charge in [-0.3, -0.25) is 25.2 Å². The van der Waals surface area contributed by atoms with E-state index in [9.17, 15) is 9.59 Å². The van der Waals surface area contributed by atoms with Crippen LogP contribution in [0.1, 0.15) is 71.1 Å². The minimum atomic E-state index is -0.129. The molecular formula is C24H44N6O4. The Hall–Kier alpha value is -1.30. The molecule has 0 aromatic carbocycles. The molecule has 0 radical (unpaired) electrons. The molecule has 2 amide bonds. The van der Waals surface area contributed by atoms with Crippen molar-refractivity contribution in [2.45, 2.75) is 95.8 Å². The molecule has 2 aliphatic carbocycles. The van der Waals surface area contributed by atoms with Crippen LogP contribution < -0.4 is 32.3 Å². The molecule has 0 bridgehead atoms. The van der Waals surface area contributed by atoms with Gasteiger partial charge in [-0.1, -0.05) is 13.3 Å². The number of carbonyl (C=O) groups excluding carboxylic acids is 2. The Kier molecular flexibility index (Phi) is 9.55. The first-order valence-electron chi connectivity index (χ1n) is 13.3. The molecule has 2 saturated carbocycles. The molecule has 4 fully saturated rings. The second-order valence-corrected chi connectivity index (χ2v) is 10.5. The molecule has 0 aromatic heterocycles. The van der Waals surface area contributed by atoms with Crippen LogP contribution in [0.25, 0.3) is 0 Å². The van der Waals surface area contributed by atoms with Gasteiger partial charge in [0.15, 0.2) is 0 Å². The number of hydrogen-bond acceptors (Lipinski definition) is 8. The van der Waals surface area contributed by atoms with Crippen molar-refractivity contribution in [3.05, 3.63) is 0 Å². The molecule has 6 atom stereocenters. The van der Waals surface area contributed by atoms with Crippen molar-refractivity contribution in [1.82, 2.24) is 32.3 Å². The van der Waals surface area contributed by atoms with Crippen molar-refractivity contribution in [2.75, 3.05) is 20.2 Å². The van der Waals surface area contributed by atoms with Gasteiger partial charge >= 0.3 is 0 Å². The number of nitrogens with one attached hydrogen (secondary N) is 6. The lowest BCUT2D eigenvalue weighted by molar-refractivity contribution is -0.136. The largest absolute Gasteiger partial charge is 0.381 e. The first kappa shape index (κ1) is 25.8. The van der Waals surface area contributed by atoms with Crippen LogP contribution in [0, 0.1) is 23.7 Å². The van der Waals surface area contributed by atoms with Gasteiger partial charge in [-0.15, -0.1) is 0 Å². The monoisotopic (exact) mass is 480 g/mol. The SMILES string of the molecule is COC1CCC(C2NOC(CCC(=O)NCCCNC3NNC(=O)C4C(C)CCCC34)N2)CC1. The number of hydrogen-bond donors (Lipinski definition) is 6. The summed E-state index contributed by atoms with van der Waals surface area (Å²) in [5, 5.41) is 10.0. The quantitative estimate of drug-likeness (QED) is 0.254. The predicted octanol–water partition coefficient (Wildman–Crippen LogP) is 0.857. The van der Waals surface area contributed by atoms with Gasteiger partial charge in [-0.2, -0.15) is 5.48 Å². The minimum Gasteiger partial charge on any atom is -0.381 e. The fraction of sp³-hybridized carbons (Fsp3) is 0.917. The summed E-state index contributed by atoms with van der Waals surface area (Å²) in [5.41, 5.74) is 9.11. The molecule has 6 unspecified atom stereocenters. The summed E-state index contributed by atoms with van der Waals surface area (Å²) >= 11 is 0. The van der Waals surface area contributed by atoms with Crippen molar-refractivity contribution >= 4 is 11.8 Å². The smallest absolute Gasteiger partial charge is 0.237 e. The van der Waals surface area contributed by atoms with Gasteiger partial charge in [-0.05, 0) is 69.7 Å². The van der Waals surface area contributed by atoms with Crippen LogP contribution in [0.3, 0.4) is 0 Å². The van der Waals surface area contributed by atoms with Gasteiger partial charge in [0, 0.05) is 31.9 Å². The molecule has 2 aliphatic heterocycles. The second kappa shape index (κ2) is 12.6. The van der Waals surface area contributed by atoms with Crippen molar-refractivity contribution in [1.29, 1.82) is 0 Å². The van der Waals surface area contributed by atoms with Gasteiger partial charge in [0.2, 0.25) is 11.8 Å². The minimum absolute atomic E-state index is 0.0543. The Bertz CT molecular complexity index is 674. The van der Waals surface area contributed by atoms with Gasteiger partial charge in [0.1, 0.15) is 6.23 Å². The van der Waals surface area contributed by atoms with Gasteiger partial charge in [0.05, 0.1) is 18.4 Å². The lowest BCUT2D eigenvalue weighted by atomic mass is 9.70. The van der Waals surface area contributed by atoms with Gasteiger partial charge in [-0.25, -0.2) is 5.43 Å². The molecule has 34 heavy (non-hydrogen) atoms. The Labute approximate surface area is 203 Å². The van der Waals surface area contributed by atoms with Crippen LogP contribution in [0.2, 0.25) is 0 Å². The highest BCUT2D eigenvalue weighted by molar-refractivity contribution is 5.79. The van der Waals surface area contributed by atoms with Crippen LogP contribution in [0.15, 0.2) is 0 Å². The summed E-state index contributed by atoms with van der Waals surface area (Å²) in [7, 11) is 1.79. The number of methoxy groups -OCH3 is 1. The van der Waals surface area contributed by atoms with Crippen LogP contribution in [-0.4, -0.2) is 56.7 Å². The summed E-state index contributed by atoms with van der Waals surface area (Å²) in [6.45, 7) is 3.61. The van der Waals surface area contributed by atoms with Crippen LogP contribution >= 0.6 is 0 Å². The molecule has 6 N–H and O–H groups in total. The van der Waals surface area contributed by atoms with E-state index in [1.54, 1.807) is 7.11 Å². The van der Waals surface area contributed by atoms with E-state index in [2.05, 4.69) is 39.2 Å².